The van der Waals surface area contributed by atoms with Crippen molar-refractivity contribution in [3.8, 4) is 0 Å². The maximum atomic E-state index is 12.2. The molecule has 0 saturated carbocycles. The number of hydrogen-bond acceptors (Lipinski definition) is 4. The molecule has 0 bridgehead atoms. The van der Waals surface area contributed by atoms with Crippen LogP contribution in [0.3, 0.4) is 0 Å². The van der Waals surface area contributed by atoms with E-state index in [1.807, 2.05) is 12.1 Å². The smallest absolute Gasteiger partial charge is 0.293 e. The average Bonchev–Trinajstić information content (AvgIpc) is 2.71. The highest BCUT2D eigenvalue weighted by molar-refractivity contribution is 9.10. The van der Waals surface area contributed by atoms with Crippen molar-refractivity contribution in [2.45, 2.75) is 17.3 Å². The van der Waals surface area contributed by atoms with Crippen LogP contribution in [0.1, 0.15) is 17.3 Å². The summed E-state index contributed by atoms with van der Waals surface area (Å²) in [6, 6.07) is 7.20. The van der Waals surface area contributed by atoms with Crippen molar-refractivity contribution in [3.05, 3.63) is 44.8 Å². The molecule has 0 fully saturated rings. The Hall–Kier alpha value is -1.34. The van der Waals surface area contributed by atoms with Gasteiger partial charge in [0.25, 0.3) is 0 Å². The lowest BCUT2D eigenvalue weighted by Crippen LogP contribution is -2.16. The fraction of sp³-hybridized carbons (Fsp3) is 0.250. The third-order valence-electron chi connectivity index (χ3n) is 2.62. The molecule has 100 valence electrons. The second-order valence-electron chi connectivity index (χ2n) is 4.00. The number of halogens is 1. The first-order valence-corrected chi connectivity index (χ1v) is 7.24. The summed E-state index contributed by atoms with van der Waals surface area (Å²) in [5, 5.41) is 6.41. The van der Waals surface area contributed by atoms with Gasteiger partial charge in [-0.3, -0.25) is 9.36 Å². The predicted molar refractivity (Wildman–Crippen MR) is 77.6 cm³/mol. The minimum absolute atomic E-state index is 0.00736. The Labute approximate surface area is 122 Å². The van der Waals surface area contributed by atoms with E-state index in [4.69, 9.17) is 0 Å². The Bertz CT molecular complexity index is 648. The van der Waals surface area contributed by atoms with E-state index in [0.717, 1.165) is 4.47 Å². The third-order valence-corrected chi connectivity index (χ3v) is 4.29. The van der Waals surface area contributed by atoms with E-state index < -0.39 is 0 Å². The zero-order chi connectivity index (χ0) is 14.0. The number of benzene rings is 1. The maximum absolute atomic E-state index is 12.2. The number of aromatic amines is 1. The number of nitrogens with zero attached hydrogens (tertiary/aromatic N) is 2. The van der Waals surface area contributed by atoms with Crippen LogP contribution in [0.15, 0.2) is 38.7 Å². The van der Waals surface area contributed by atoms with E-state index in [1.165, 1.54) is 16.3 Å². The van der Waals surface area contributed by atoms with Crippen molar-refractivity contribution < 1.29 is 4.79 Å². The number of rotatable bonds is 4. The number of nitrogens with one attached hydrogen (secondary N) is 1. The van der Waals surface area contributed by atoms with E-state index in [2.05, 4.69) is 26.1 Å². The Morgan fingerprint density at radius 2 is 2.05 bits per heavy atom. The van der Waals surface area contributed by atoms with Crippen LogP contribution in [0.25, 0.3) is 0 Å². The zero-order valence-corrected chi connectivity index (χ0v) is 12.8. The summed E-state index contributed by atoms with van der Waals surface area (Å²) < 4.78 is 2.31. The average molecular weight is 342 g/mol. The van der Waals surface area contributed by atoms with Gasteiger partial charge in [0, 0.05) is 17.1 Å². The molecule has 5 nitrogen and oxygen atoms in total. The number of aromatic nitrogens is 3. The summed E-state index contributed by atoms with van der Waals surface area (Å²) in [6.07, 6.45) is 0. The number of carbonyl (C=O) groups excluding carboxylic acids is 1. The molecule has 0 aliphatic carbocycles. The summed E-state index contributed by atoms with van der Waals surface area (Å²) in [5.41, 5.74) is 0.356. The summed E-state index contributed by atoms with van der Waals surface area (Å²) in [4.78, 5) is 23.5. The van der Waals surface area contributed by atoms with Gasteiger partial charge in [-0.2, -0.15) is 0 Å². The van der Waals surface area contributed by atoms with Gasteiger partial charge >= 0.3 is 5.69 Å². The lowest BCUT2D eigenvalue weighted by atomic mass is 10.1. The molecular weight excluding hydrogens is 330 g/mol. The lowest BCUT2D eigenvalue weighted by molar-refractivity contribution is 0.0994. The highest BCUT2D eigenvalue weighted by atomic mass is 79.9. The van der Waals surface area contributed by atoms with Gasteiger partial charge in [0.05, 0.1) is 5.25 Å². The van der Waals surface area contributed by atoms with Crippen LogP contribution in [-0.4, -0.2) is 25.8 Å². The molecule has 2 rings (SSSR count). The van der Waals surface area contributed by atoms with E-state index in [9.17, 15) is 9.59 Å². The molecule has 1 atom stereocenters. The fourth-order valence-corrected chi connectivity index (χ4v) is 2.66. The first-order chi connectivity index (χ1) is 8.99. The van der Waals surface area contributed by atoms with Gasteiger partial charge in [0.15, 0.2) is 10.9 Å². The Kier molecular flexibility index (Phi) is 4.26. The van der Waals surface area contributed by atoms with Crippen LogP contribution >= 0.6 is 27.7 Å². The van der Waals surface area contributed by atoms with E-state index in [1.54, 1.807) is 26.1 Å². The van der Waals surface area contributed by atoms with Gasteiger partial charge < -0.3 is 0 Å². The summed E-state index contributed by atoms with van der Waals surface area (Å²) >= 11 is 4.59. The van der Waals surface area contributed by atoms with Crippen LogP contribution < -0.4 is 5.69 Å². The molecule has 1 aromatic heterocycles. The monoisotopic (exact) mass is 341 g/mol. The van der Waals surface area contributed by atoms with Gasteiger partial charge in [-0.05, 0) is 19.1 Å². The molecule has 0 saturated heterocycles. The topological polar surface area (TPSA) is 67.8 Å². The van der Waals surface area contributed by atoms with Crippen LogP contribution in [0, 0.1) is 0 Å². The van der Waals surface area contributed by atoms with E-state index >= 15 is 0 Å². The highest BCUT2D eigenvalue weighted by Gasteiger charge is 2.19. The largest absolute Gasteiger partial charge is 0.343 e. The lowest BCUT2D eigenvalue weighted by Gasteiger charge is -2.09. The van der Waals surface area contributed by atoms with Crippen LogP contribution in [-0.2, 0) is 7.05 Å². The van der Waals surface area contributed by atoms with Crippen molar-refractivity contribution >= 4 is 33.5 Å². The third kappa shape index (κ3) is 3.16. The van der Waals surface area contributed by atoms with Gasteiger partial charge in [-0.15, -0.1) is 5.10 Å². The number of H-pyrrole nitrogens is 1. The molecule has 0 aliphatic heterocycles. The first-order valence-electron chi connectivity index (χ1n) is 5.57. The highest BCUT2D eigenvalue weighted by Crippen LogP contribution is 2.23. The predicted octanol–water partition coefficient (Wildman–Crippen LogP) is 2.23. The number of carbonyl (C=O) groups is 1. The van der Waals surface area contributed by atoms with Gasteiger partial charge in [0.2, 0.25) is 0 Å². The molecule has 1 N–H and O–H groups in total. The molecule has 1 heterocycles. The van der Waals surface area contributed by atoms with Crippen molar-refractivity contribution in [2.75, 3.05) is 0 Å². The summed E-state index contributed by atoms with van der Waals surface area (Å²) in [6.45, 7) is 1.80. The molecule has 0 aliphatic rings. The Morgan fingerprint density at radius 1 is 1.42 bits per heavy atom. The Balaban J connectivity index is 2.14. The number of Topliss-reactive ketones (excluding diaryl/α,β-unsaturated/α-hetero) is 1. The standard InChI is InChI=1S/C12H12BrN3O2S/c1-7(19-12-15-14-11(18)16(12)2)10(17)8-3-5-9(13)6-4-8/h3-7H,1-2H3,(H,14,18). The fourth-order valence-electron chi connectivity index (χ4n) is 1.50. The van der Waals surface area contributed by atoms with Crippen molar-refractivity contribution in [3.63, 3.8) is 0 Å². The molecule has 2 aromatic rings. The second kappa shape index (κ2) is 5.75. The molecule has 0 radical (unpaired) electrons. The zero-order valence-electron chi connectivity index (χ0n) is 10.4. The molecule has 7 heteroatoms. The molecular formula is C12H12BrN3O2S. The summed E-state index contributed by atoms with van der Waals surface area (Å²) in [7, 11) is 1.62. The normalized spacial score (nSPS) is 12.4. The minimum atomic E-state index is -0.310. The van der Waals surface area contributed by atoms with Crippen molar-refractivity contribution in [1.82, 2.24) is 14.8 Å². The second-order valence-corrected chi connectivity index (χ2v) is 6.23. The molecule has 1 unspecified atom stereocenters. The number of hydrogen-bond donors (Lipinski definition) is 1. The van der Waals surface area contributed by atoms with Crippen LogP contribution in [0.2, 0.25) is 0 Å². The van der Waals surface area contributed by atoms with E-state index in [-0.39, 0.29) is 16.7 Å². The van der Waals surface area contributed by atoms with E-state index in [0.29, 0.717) is 10.7 Å². The Morgan fingerprint density at radius 3 is 2.58 bits per heavy atom. The van der Waals surface area contributed by atoms with Gasteiger partial charge in [-0.1, -0.05) is 39.8 Å². The minimum Gasteiger partial charge on any atom is -0.293 e. The first kappa shape index (κ1) is 14.1. The SMILES string of the molecule is CC(Sc1n[nH]c(=O)n1C)C(=O)c1ccc(Br)cc1. The molecule has 19 heavy (non-hydrogen) atoms. The summed E-state index contributed by atoms with van der Waals surface area (Å²) in [5.74, 6) is 0.00736. The van der Waals surface area contributed by atoms with Crippen LogP contribution in [0.4, 0.5) is 0 Å². The van der Waals surface area contributed by atoms with Gasteiger partial charge in [-0.25, -0.2) is 9.89 Å². The molecule has 1 aromatic carbocycles. The van der Waals surface area contributed by atoms with Crippen molar-refractivity contribution in [1.29, 1.82) is 0 Å². The van der Waals surface area contributed by atoms with Gasteiger partial charge in [0.1, 0.15) is 0 Å². The number of ketones is 1. The molecule has 0 amide bonds. The quantitative estimate of drug-likeness (QED) is 0.684. The number of thioether (sulfide) groups is 1. The molecule has 0 spiro atoms. The maximum Gasteiger partial charge on any atom is 0.343 e. The van der Waals surface area contributed by atoms with Crippen LogP contribution in [0.5, 0.6) is 0 Å². The van der Waals surface area contributed by atoms with Crippen molar-refractivity contribution in [2.24, 2.45) is 7.05 Å².